The molecule has 0 aromatic carbocycles. The van der Waals surface area contributed by atoms with Crippen LogP contribution in [0.2, 0.25) is 0 Å². The van der Waals surface area contributed by atoms with Gasteiger partial charge in [-0.05, 0) is 143 Å². The fourth-order valence-electron chi connectivity index (χ4n) is 15.7. The predicted octanol–water partition coefficient (Wildman–Crippen LogP) is 3.04. The number of aliphatic imine (C=N–C) groups is 1. The van der Waals surface area contributed by atoms with Gasteiger partial charge in [0.2, 0.25) is 0 Å². The van der Waals surface area contributed by atoms with Gasteiger partial charge in [-0.25, -0.2) is 0 Å². The van der Waals surface area contributed by atoms with Gasteiger partial charge in [0.1, 0.15) is 6.04 Å². The molecule has 8 rings (SSSR count). The molecule has 0 aromatic heterocycles. The van der Waals surface area contributed by atoms with Crippen LogP contribution in [0.3, 0.4) is 0 Å². The van der Waals surface area contributed by atoms with Crippen molar-refractivity contribution in [2.45, 2.75) is 160 Å². The van der Waals surface area contributed by atoms with Gasteiger partial charge in [0.05, 0.1) is 54.8 Å². The van der Waals surface area contributed by atoms with Crippen molar-refractivity contribution in [2.24, 2.45) is 92.4 Å². The molecule has 19 unspecified atom stereocenters. The van der Waals surface area contributed by atoms with Crippen molar-refractivity contribution in [3.8, 4) is 11.8 Å². The second kappa shape index (κ2) is 18.0. The number of nitrogens with one attached hydrogen (secondary N) is 1. The Morgan fingerprint density at radius 1 is 1.00 bits per heavy atom. The number of rotatable bonds is 8. The Kier molecular flexibility index (Phi) is 13.3. The molecule has 1 saturated heterocycles. The molecule has 7 aliphatic carbocycles. The van der Waals surface area contributed by atoms with Gasteiger partial charge in [0.15, 0.2) is 17.5 Å². The predicted molar refractivity (Wildman–Crippen MR) is 243 cm³/mol. The number of esters is 1. The highest BCUT2D eigenvalue weighted by Gasteiger charge is 2.74. The van der Waals surface area contributed by atoms with E-state index in [2.05, 4.69) is 42.1 Å². The van der Waals surface area contributed by atoms with Crippen LogP contribution >= 0.6 is 0 Å². The smallest absolute Gasteiger partial charge is 0.306 e. The van der Waals surface area contributed by atoms with Crippen LogP contribution in [0.4, 0.5) is 0 Å². The fourth-order valence-corrected chi connectivity index (χ4v) is 15.7. The number of allylic oxidation sites excluding steroid dienone is 3. The van der Waals surface area contributed by atoms with E-state index in [9.17, 15) is 40.2 Å². The fraction of sp³-hybridized carbons (Fsp3) is 0.804. The van der Waals surface area contributed by atoms with E-state index in [1.807, 2.05) is 6.92 Å². The van der Waals surface area contributed by atoms with Gasteiger partial charge < -0.3 is 52.2 Å². The summed E-state index contributed by atoms with van der Waals surface area (Å²) in [7, 11) is 0. The van der Waals surface area contributed by atoms with Crippen molar-refractivity contribution in [2.75, 3.05) is 19.8 Å². The maximum Gasteiger partial charge on any atom is 0.306 e. The molecule has 0 aromatic rings. The maximum atomic E-state index is 15.1. The van der Waals surface area contributed by atoms with E-state index in [0.717, 1.165) is 32.1 Å². The van der Waals surface area contributed by atoms with Gasteiger partial charge in [-0.1, -0.05) is 38.3 Å². The Morgan fingerprint density at radius 2 is 1.75 bits per heavy atom. The van der Waals surface area contributed by atoms with E-state index in [4.69, 9.17) is 16.2 Å². The first-order valence-electron chi connectivity index (χ1n) is 24.7. The number of aliphatic hydroxyl groups excluding tert-OH is 4. The highest BCUT2D eigenvalue weighted by atomic mass is 16.5. The first-order chi connectivity index (χ1) is 30.7. The summed E-state index contributed by atoms with van der Waals surface area (Å²) in [5, 5.41) is 76.0. The van der Waals surface area contributed by atoms with Crippen LogP contribution in [-0.4, -0.2) is 109 Å². The number of nitrogens with two attached hydrogens (primary N) is 2. The molecular formula is C51H76N4O10. The van der Waals surface area contributed by atoms with Gasteiger partial charge in [-0.2, -0.15) is 0 Å². The van der Waals surface area contributed by atoms with Gasteiger partial charge in [-0.3, -0.25) is 19.4 Å². The molecule has 1 heterocycles. The number of Topliss-reactive ketones (excluding diaryl/α,β-unsaturated/α-hetero) is 2. The molecule has 19 atom stereocenters. The largest absolute Gasteiger partial charge is 0.465 e. The first-order valence-corrected chi connectivity index (χ1v) is 24.7. The van der Waals surface area contributed by atoms with Crippen molar-refractivity contribution in [3.05, 3.63) is 22.9 Å². The number of aliphatic hydroxyl groups is 6. The van der Waals surface area contributed by atoms with Gasteiger partial charge in [0.25, 0.3) is 0 Å². The first kappa shape index (κ1) is 48.1. The van der Waals surface area contributed by atoms with Crippen molar-refractivity contribution < 1.29 is 49.8 Å². The minimum atomic E-state index is -1.86. The number of carbonyl (C=O) groups is 3. The van der Waals surface area contributed by atoms with E-state index in [-0.39, 0.29) is 85.9 Å². The zero-order valence-electron chi connectivity index (χ0n) is 39.2. The second-order valence-electron chi connectivity index (χ2n) is 22.7. The molecule has 0 amide bonds. The lowest BCUT2D eigenvalue weighted by Gasteiger charge is -2.62. The highest BCUT2D eigenvalue weighted by Crippen LogP contribution is 2.72. The standard InChI is InChI=1S/C51H76N4O10/c1-26-9-10-29-11-12-33-27(2)18-41(60)49(5,63)46-31(8-6-7-30(19-35(33)34(29)17-26)32-20-42(61)65-25-32)22-51(64)43-36(13-14-50(46,51)15-16-54-47(52)53)48(4)23-40(59)39(58)21-37(48)45(62)44(43)55-38(24-56)28(3)57/h11,26-27,30-41,46,55-56,58-60,63-64H,8-10,12-25H2,1-5H3,(H4,52,53,54). The third kappa shape index (κ3) is 8.19. The van der Waals surface area contributed by atoms with Crippen LogP contribution in [0.25, 0.3) is 0 Å². The summed E-state index contributed by atoms with van der Waals surface area (Å²) in [6.07, 6.45) is 5.80. The Balaban J connectivity index is 1.30. The molecule has 8 aliphatic rings. The molecule has 14 nitrogen and oxygen atoms in total. The van der Waals surface area contributed by atoms with Crippen LogP contribution in [0, 0.1) is 87.8 Å². The molecule has 5 fully saturated rings. The summed E-state index contributed by atoms with van der Waals surface area (Å²) in [4.78, 5) is 45.2. The second-order valence-corrected chi connectivity index (χ2v) is 22.7. The lowest BCUT2D eigenvalue weighted by Crippen LogP contribution is -2.66. The van der Waals surface area contributed by atoms with Crippen LogP contribution in [0.15, 0.2) is 27.9 Å². The van der Waals surface area contributed by atoms with E-state index in [1.54, 1.807) is 6.92 Å². The van der Waals surface area contributed by atoms with Crippen molar-refractivity contribution in [1.82, 2.24) is 5.32 Å². The Morgan fingerprint density at radius 3 is 2.43 bits per heavy atom. The minimum absolute atomic E-state index is 0.0131. The van der Waals surface area contributed by atoms with Gasteiger partial charge in [0, 0.05) is 42.1 Å². The van der Waals surface area contributed by atoms with Crippen LogP contribution in [0.5, 0.6) is 0 Å². The van der Waals surface area contributed by atoms with Crippen molar-refractivity contribution in [3.63, 3.8) is 0 Å². The Labute approximate surface area is 384 Å². The molecule has 14 heteroatoms. The monoisotopic (exact) mass is 905 g/mol. The Bertz CT molecular complexity index is 2040. The van der Waals surface area contributed by atoms with Crippen molar-refractivity contribution >= 4 is 23.5 Å². The molecule has 65 heavy (non-hydrogen) atoms. The molecular weight excluding hydrogens is 829 g/mol. The van der Waals surface area contributed by atoms with Crippen LogP contribution < -0.4 is 16.8 Å². The maximum absolute atomic E-state index is 15.1. The molecule has 1 aliphatic heterocycles. The average molecular weight is 905 g/mol. The quantitative estimate of drug-likeness (QED) is 0.0559. The summed E-state index contributed by atoms with van der Waals surface area (Å²) in [5.74, 6) is 4.65. The number of guanidine groups is 1. The number of nitrogens with zero attached hydrogens (tertiary/aromatic N) is 1. The zero-order valence-corrected chi connectivity index (χ0v) is 39.2. The third-order valence-electron chi connectivity index (χ3n) is 19.0. The lowest BCUT2D eigenvalue weighted by atomic mass is 9.44. The number of ether oxygens (including phenoxy) is 1. The summed E-state index contributed by atoms with van der Waals surface area (Å²) < 4.78 is 5.57. The molecule has 11 N–H and O–H groups in total. The molecule has 0 spiro atoms. The Hall–Kier alpha value is -3.32. The number of fused-ring (bicyclic) bond motifs is 10. The summed E-state index contributed by atoms with van der Waals surface area (Å²) in [6.45, 7) is 9.23. The van der Waals surface area contributed by atoms with Crippen LogP contribution in [0.1, 0.15) is 125 Å². The summed E-state index contributed by atoms with van der Waals surface area (Å²) in [5.41, 5.74) is 7.95. The average Bonchev–Trinajstić information content (AvgIpc) is 3.79. The third-order valence-corrected chi connectivity index (χ3v) is 19.0. The van der Waals surface area contributed by atoms with Crippen molar-refractivity contribution in [1.29, 1.82) is 0 Å². The highest BCUT2D eigenvalue weighted by molar-refractivity contribution is 6.00. The SMILES string of the molecule is CC(=O)C(CO)NC1=C2C(CCC3(CCN=C(N)N)C4C(CC#CC(C5COC(=O)C5)CC5C6CC(C)CCC6=CCC5C(C)CC(O)C4(C)O)CC23O)C2(C)CC(O)C(O)CC2C1=O. The molecule has 0 radical (unpaired) electrons. The number of cyclic esters (lactones) is 1. The van der Waals surface area contributed by atoms with E-state index in [0.29, 0.717) is 49.7 Å². The lowest BCUT2D eigenvalue weighted by molar-refractivity contribution is -0.190. The van der Waals surface area contributed by atoms with E-state index >= 15 is 4.79 Å². The van der Waals surface area contributed by atoms with E-state index in [1.165, 1.54) is 12.5 Å². The number of carbonyl (C=O) groups excluding carboxylic acids is 3. The molecule has 4 saturated carbocycles. The zero-order chi connectivity index (χ0) is 47.0. The number of hydrogen-bond acceptors (Lipinski definition) is 12. The number of ketones is 2. The van der Waals surface area contributed by atoms with Gasteiger partial charge in [-0.15, -0.1) is 5.92 Å². The number of hydrogen-bond donors (Lipinski definition) is 9. The topological polar surface area (TPSA) is 258 Å². The van der Waals surface area contributed by atoms with Crippen LogP contribution in [-0.2, 0) is 19.1 Å². The molecule has 360 valence electrons. The van der Waals surface area contributed by atoms with Gasteiger partial charge >= 0.3 is 5.97 Å². The minimum Gasteiger partial charge on any atom is -0.465 e. The summed E-state index contributed by atoms with van der Waals surface area (Å²) in [6, 6.07) is -1.17. The molecule has 0 bridgehead atoms. The normalized spacial score (nSPS) is 46.6. The van der Waals surface area contributed by atoms with E-state index < -0.39 is 88.2 Å². The summed E-state index contributed by atoms with van der Waals surface area (Å²) >= 11 is 0.